The molecule has 0 unspecified atom stereocenters. The van der Waals surface area contributed by atoms with Crippen LogP contribution >= 0.6 is 23.2 Å². The van der Waals surface area contributed by atoms with Crippen LogP contribution in [0.4, 0.5) is 4.39 Å². The lowest BCUT2D eigenvalue weighted by Crippen LogP contribution is -2.52. The molecule has 0 aromatic heterocycles. The molecule has 2 aromatic carbocycles. The summed E-state index contributed by atoms with van der Waals surface area (Å²) in [5.41, 5.74) is 0.825. The van der Waals surface area contributed by atoms with E-state index in [4.69, 9.17) is 23.2 Å². The summed E-state index contributed by atoms with van der Waals surface area (Å²) in [6.45, 7) is 1.50. The zero-order valence-electron chi connectivity index (χ0n) is 16.4. The quantitative estimate of drug-likeness (QED) is 0.646. The van der Waals surface area contributed by atoms with Crippen LogP contribution in [0.2, 0.25) is 10.0 Å². The van der Waals surface area contributed by atoms with Crippen LogP contribution in [0, 0.1) is 5.82 Å². The summed E-state index contributed by atoms with van der Waals surface area (Å²) in [7, 11) is -1.98. The topological polar surface area (TPSA) is 60.9 Å². The summed E-state index contributed by atoms with van der Waals surface area (Å²) >= 11 is 12.2. The van der Waals surface area contributed by atoms with Gasteiger partial charge in [0, 0.05) is 32.7 Å². The number of halogens is 3. The number of likely N-dealkylation sites (N-methyl/N-ethyl adjacent to an activating group) is 1. The molecule has 30 heavy (non-hydrogen) atoms. The highest BCUT2D eigenvalue weighted by molar-refractivity contribution is 7.89. The highest BCUT2D eigenvalue weighted by Gasteiger charge is 2.30. The second kappa shape index (κ2) is 9.62. The smallest absolute Gasteiger partial charge is 0.243 e. The molecular weight excluding hydrogens is 452 g/mol. The van der Waals surface area contributed by atoms with Crippen molar-refractivity contribution in [3.05, 3.63) is 63.9 Å². The third-order valence-electron chi connectivity index (χ3n) is 4.90. The Morgan fingerprint density at radius 3 is 2.43 bits per heavy atom. The molecule has 162 valence electrons. The first-order valence-electron chi connectivity index (χ1n) is 9.33. The van der Waals surface area contributed by atoms with E-state index in [9.17, 15) is 17.6 Å². The predicted molar refractivity (Wildman–Crippen MR) is 115 cm³/mol. The molecule has 10 heteroatoms. The van der Waals surface area contributed by atoms with E-state index in [1.165, 1.54) is 22.5 Å². The van der Waals surface area contributed by atoms with Crippen molar-refractivity contribution in [3.63, 3.8) is 0 Å². The molecule has 1 fully saturated rings. The minimum atomic E-state index is -3.79. The van der Waals surface area contributed by atoms with Gasteiger partial charge < -0.3 is 4.90 Å². The fourth-order valence-electron chi connectivity index (χ4n) is 3.30. The average Bonchev–Trinajstić information content (AvgIpc) is 2.71. The van der Waals surface area contributed by atoms with Gasteiger partial charge >= 0.3 is 0 Å². The number of piperazine rings is 1. The van der Waals surface area contributed by atoms with E-state index >= 15 is 0 Å². The molecule has 0 radical (unpaired) electrons. The Kier molecular flexibility index (Phi) is 7.36. The number of amides is 1. The van der Waals surface area contributed by atoms with Crippen LogP contribution in [0.15, 0.2) is 47.4 Å². The Bertz CT molecular complexity index is 1030. The Hall–Kier alpha value is -1.71. The second-order valence-corrected chi connectivity index (χ2v) is 9.85. The molecule has 6 nitrogen and oxygen atoms in total. The first kappa shape index (κ1) is 23.0. The van der Waals surface area contributed by atoms with Crippen LogP contribution in [0.3, 0.4) is 0 Å². The molecule has 0 bridgehead atoms. The van der Waals surface area contributed by atoms with Crippen molar-refractivity contribution in [1.82, 2.24) is 14.1 Å². The highest BCUT2D eigenvalue weighted by atomic mass is 35.5. The van der Waals surface area contributed by atoms with Crippen LogP contribution in [0.5, 0.6) is 0 Å². The van der Waals surface area contributed by atoms with E-state index < -0.39 is 15.8 Å². The van der Waals surface area contributed by atoms with E-state index in [2.05, 4.69) is 0 Å². The van der Waals surface area contributed by atoms with Crippen molar-refractivity contribution in [2.75, 3.05) is 39.8 Å². The molecule has 0 saturated carbocycles. The third-order valence-corrected chi connectivity index (χ3v) is 7.65. The van der Waals surface area contributed by atoms with Gasteiger partial charge in [0.15, 0.2) is 0 Å². The molecule has 2 aromatic rings. The van der Waals surface area contributed by atoms with Gasteiger partial charge in [0.1, 0.15) is 5.82 Å². The lowest BCUT2D eigenvalue weighted by Gasteiger charge is -2.34. The fourth-order valence-corrected chi connectivity index (χ4v) is 5.14. The van der Waals surface area contributed by atoms with Gasteiger partial charge in [-0.05, 0) is 36.9 Å². The molecule has 0 atom stereocenters. The maximum absolute atomic E-state index is 13.4. The van der Waals surface area contributed by atoms with Gasteiger partial charge in [0.2, 0.25) is 15.9 Å². The van der Waals surface area contributed by atoms with E-state index in [1.807, 2.05) is 11.0 Å². The number of sulfonamides is 1. The molecule has 1 aliphatic heterocycles. The largest absolute Gasteiger partial charge is 0.339 e. The van der Waals surface area contributed by atoms with E-state index in [0.717, 1.165) is 11.6 Å². The van der Waals surface area contributed by atoms with Crippen LogP contribution in [0.25, 0.3) is 0 Å². The van der Waals surface area contributed by atoms with Crippen molar-refractivity contribution >= 4 is 39.1 Å². The minimum absolute atomic E-state index is 0.0830. The lowest BCUT2D eigenvalue weighted by atomic mass is 10.2. The predicted octanol–water partition coefficient (Wildman–Crippen LogP) is 3.10. The summed E-state index contributed by atoms with van der Waals surface area (Å²) in [6, 6.07) is 10.3. The molecule has 0 spiro atoms. The van der Waals surface area contributed by atoms with Crippen molar-refractivity contribution in [2.24, 2.45) is 0 Å². The number of nitrogens with zero attached hydrogens (tertiary/aromatic N) is 3. The number of hydrogen-bond acceptors (Lipinski definition) is 4. The first-order valence-corrected chi connectivity index (χ1v) is 11.5. The maximum atomic E-state index is 13.4. The Balaban J connectivity index is 1.55. The molecule has 3 rings (SSSR count). The average molecular weight is 474 g/mol. The van der Waals surface area contributed by atoms with Crippen LogP contribution in [-0.2, 0) is 21.4 Å². The van der Waals surface area contributed by atoms with Gasteiger partial charge in [-0.25, -0.2) is 12.8 Å². The zero-order chi connectivity index (χ0) is 21.9. The first-order chi connectivity index (χ1) is 14.2. The number of benzene rings is 2. The van der Waals surface area contributed by atoms with E-state index in [0.29, 0.717) is 16.6 Å². The van der Waals surface area contributed by atoms with Gasteiger partial charge in [-0.15, -0.1) is 0 Å². The summed E-state index contributed by atoms with van der Waals surface area (Å²) in [5, 5.41) is 0.930. The maximum Gasteiger partial charge on any atom is 0.243 e. The molecule has 1 amide bonds. The number of carbonyl (C=O) groups is 1. The van der Waals surface area contributed by atoms with E-state index in [-0.39, 0.29) is 43.5 Å². The van der Waals surface area contributed by atoms with Crippen LogP contribution in [0.1, 0.15) is 5.56 Å². The molecule has 1 saturated heterocycles. The normalized spacial score (nSPS) is 15.6. The van der Waals surface area contributed by atoms with Crippen molar-refractivity contribution < 1.29 is 17.6 Å². The highest BCUT2D eigenvalue weighted by Crippen LogP contribution is 2.26. The van der Waals surface area contributed by atoms with Gasteiger partial charge in [-0.1, -0.05) is 41.4 Å². The van der Waals surface area contributed by atoms with Gasteiger partial charge in [-0.2, -0.15) is 4.31 Å². The lowest BCUT2D eigenvalue weighted by molar-refractivity contribution is -0.133. The fraction of sp³-hybridized carbons (Fsp3) is 0.350. The van der Waals surface area contributed by atoms with E-state index in [1.54, 1.807) is 24.1 Å². The summed E-state index contributed by atoms with van der Waals surface area (Å²) in [6.07, 6.45) is 0. The van der Waals surface area contributed by atoms with Crippen LogP contribution in [-0.4, -0.2) is 68.2 Å². The Labute approximate surface area is 185 Å². The zero-order valence-corrected chi connectivity index (χ0v) is 18.7. The standard InChI is InChI=1S/C20H22Cl2FN3O3S/c1-24(13-15-4-2-7-18(21)20(15)22)14-19(27)25-8-10-26(11-9-25)30(28,29)17-6-3-5-16(23)12-17/h2-7,12H,8-11,13-14H2,1H3. The summed E-state index contributed by atoms with van der Waals surface area (Å²) in [4.78, 5) is 16.0. The van der Waals surface area contributed by atoms with Gasteiger partial charge in [0.05, 0.1) is 21.5 Å². The molecule has 1 aliphatic rings. The summed E-state index contributed by atoms with van der Waals surface area (Å²) in [5.74, 6) is -0.703. The Morgan fingerprint density at radius 1 is 1.10 bits per heavy atom. The molecule has 1 heterocycles. The van der Waals surface area contributed by atoms with Crippen LogP contribution < -0.4 is 0 Å². The molecule has 0 aliphatic carbocycles. The minimum Gasteiger partial charge on any atom is -0.339 e. The molecular formula is C20H22Cl2FN3O3S. The van der Waals surface area contributed by atoms with Crippen molar-refractivity contribution in [2.45, 2.75) is 11.4 Å². The second-order valence-electron chi connectivity index (χ2n) is 7.13. The SMILES string of the molecule is CN(CC(=O)N1CCN(S(=O)(=O)c2cccc(F)c2)CC1)Cc1cccc(Cl)c1Cl. The van der Waals surface area contributed by atoms with Gasteiger partial charge in [0.25, 0.3) is 0 Å². The number of carbonyl (C=O) groups excluding carboxylic acids is 1. The van der Waals surface area contributed by atoms with Crippen molar-refractivity contribution in [3.8, 4) is 0 Å². The summed E-state index contributed by atoms with van der Waals surface area (Å²) < 4.78 is 40.0. The number of rotatable bonds is 6. The Morgan fingerprint density at radius 2 is 1.77 bits per heavy atom. The van der Waals surface area contributed by atoms with Gasteiger partial charge in [-0.3, -0.25) is 9.69 Å². The van der Waals surface area contributed by atoms with Crippen molar-refractivity contribution in [1.29, 1.82) is 0 Å². The number of hydrogen-bond donors (Lipinski definition) is 0. The molecule has 0 N–H and O–H groups in total. The monoisotopic (exact) mass is 473 g/mol. The third kappa shape index (κ3) is 5.31.